The first-order valence-corrected chi connectivity index (χ1v) is 5.74. The highest BCUT2D eigenvalue weighted by molar-refractivity contribution is 6.51. The second-order valence-corrected chi connectivity index (χ2v) is 4.32. The molecule has 0 fully saturated rings. The largest absolute Gasteiger partial charge is 0.488 e. The van der Waals surface area contributed by atoms with Gasteiger partial charge in [0.15, 0.2) is 0 Å². The summed E-state index contributed by atoms with van der Waals surface area (Å²) in [6, 6.07) is 3.49. The minimum atomic E-state index is -1.57. The van der Waals surface area contributed by atoms with Crippen LogP contribution in [0.2, 0.25) is 5.15 Å². The van der Waals surface area contributed by atoms with Crippen molar-refractivity contribution in [2.75, 3.05) is 0 Å². The second-order valence-electron chi connectivity index (χ2n) is 3.93. The van der Waals surface area contributed by atoms with Crippen molar-refractivity contribution in [2.45, 2.75) is 12.8 Å². The zero-order valence-electron chi connectivity index (χ0n) is 9.44. The van der Waals surface area contributed by atoms with Crippen molar-refractivity contribution in [1.29, 1.82) is 0 Å². The van der Waals surface area contributed by atoms with Crippen molar-refractivity contribution in [3.63, 3.8) is 0 Å². The molecule has 1 aliphatic rings. The second kappa shape index (κ2) is 5.54. The van der Waals surface area contributed by atoms with E-state index in [1.165, 1.54) is 6.08 Å². The number of hydrogen-bond acceptors (Lipinski definition) is 5. The van der Waals surface area contributed by atoms with E-state index in [0.717, 1.165) is 5.56 Å². The standard InChI is InChI=1S/C11H12BClN2O3/c13-10-2-1-8(6-14-10)7-15-4-3-9(12(17)18)5-11(15)16/h1-6,11,16-18H,7H2. The lowest BCUT2D eigenvalue weighted by Gasteiger charge is -2.28. The molecule has 1 aliphatic heterocycles. The number of aromatic nitrogens is 1. The highest BCUT2D eigenvalue weighted by Gasteiger charge is 2.20. The van der Waals surface area contributed by atoms with Crippen LogP contribution < -0.4 is 0 Å². The molecule has 94 valence electrons. The van der Waals surface area contributed by atoms with E-state index in [1.54, 1.807) is 29.4 Å². The molecule has 0 aliphatic carbocycles. The SMILES string of the molecule is OB(O)C1=CC(O)N(Cc2ccc(Cl)nc2)C=C1. The van der Waals surface area contributed by atoms with Gasteiger partial charge in [-0.25, -0.2) is 4.98 Å². The van der Waals surface area contributed by atoms with Gasteiger partial charge in [-0.15, -0.1) is 0 Å². The lowest BCUT2D eigenvalue weighted by molar-refractivity contribution is 0.0715. The highest BCUT2D eigenvalue weighted by Crippen LogP contribution is 2.16. The van der Waals surface area contributed by atoms with E-state index in [-0.39, 0.29) is 5.47 Å². The van der Waals surface area contributed by atoms with Crippen LogP contribution in [0.3, 0.4) is 0 Å². The van der Waals surface area contributed by atoms with E-state index in [1.807, 2.05) is 6.07 Å². The summed E-state index contributed by atoms with van der Waals surface area (Å²) < 4.78 is 0. The van der Waals surface area contributed by atoms with E-state index >= 15 is 0 Å². The first-order chi connectivity index (χ1) is 8.56. The van der Waals surface area contributed by atoms with Gasteiger partial charge in [-0.3, -0.25) is 0 Å². The van der Waals surface area contributed by atoms with Gasteiger partial charge in [-0.1, -0.05) is 17.7 Å². The van der Waals surface area contributed by atoms with Crippen molar-refractivity contribution >= 4 is 18.7 Å². The minimum Gasteiger partial charge on any atom is -0.423 e. The Bertz CT molecular complexity index is 476. The Hall–Kier alpha value is -1.34. The van der Waals surface area contributed by atoms with E-state index in [0.29, 0.717) is 11.7 Å². The Morgan fingerprint density at radius 1 is 1.39 bits per heavy atom. The monoisotopic (exact) mass is 266 g/mol. The molecule has 18 heavy (non-hydrogen) atoms. The number of allylic oxidation sites excluding steroid dienone is 2. The molecule has 0 radical (unpaired) electrons. The van der Waals surface area contributed by atoms with Crippen LogP contribution in [-0.4, -0.2) is 38.4 Å². The molecule has 2 rings (SSSR count). The number of halogens is 1. The minimum absolute atomic E-state index is 0.271. The number of pyridine rings is 1. The van der Waals surface area contributed by atoms with Gasteiger partial charge in [0, 0.05) is 18.9 Å². The zero-order chi connectivity index (χ0) is 13.1. The first kappa shape index (κ1) is 13.1. The average Bonchev–Trinajstić information content (AvgIpc) is 2.34. The quantitative estimate of drug-likeness (QED) is 0.543. The van der Waals surface area contributed by atoms with Crippen LogP contribution in [0.5, 0.6) is 0 Å². The summed E-state index contributed by atoms with van der Waals surface area (Å²) in [7, 11) is -1.57. The zero-order valence-corrected chi connectivity index (χ0v) is 10.2. The lowest BCUT2D eigenvalue weighted by atomic mass is 9.78. The molecule has 0 saturated heterocycles. The number of nitrogens with zero attached hydrogens (tertiary/aromatic N) is 2. The third kappa shape index (κ3) is 3.11. The Balaban J connectivity index is 2.04. The fraction of sp³-hybridized carbons (Fsp3) is 0.182. The summed E-state index contributed by atoms with van der Waals surface area (Å²) in [6.45, 7) is 0.452. The molecule has 1 atom stereocenters. The van der Waals surface area contributed by atoms with Crippen molar-refractivity contribution in [3.05, 3.63) is 52.9 Å². The topological polar surface area (TPSA) is 76.8 Å². The molecule has 0 amide bonds. The molecule has 0 saturated carbocycles. The predicted octanol–water partition coefficient (Wildman–Crippen LogP) is 0.321. The fourth-order valence-corrected chi connectivity index (χ4v) is 1.73. The highest BCUT2D eigenvalue weighted by atomic mass is 35.5. The van der Waals surface area contributed by atoms with Gasteiger partial charge in [0.05, 0.1) is 0 Å². The molecule has 0 bridgehead atoms. The Morgan fingerprint density at radius 2 is 2.17 bits per heavy atom. The number of hydrogen-bond donors (Lipinski definition) is 3. The van der Waals surface area contributed by atoms with Crippen LogP contribution in [0, 0.1) is 0 Å². The van der Waals surface area contributed by atoms with E-state index < -0.39 is 13.3 Å². The molecular formula is C11H12BClN2O3. The summed E-state index contributed by atoms with van der Waals surface area (Å²) in [5, 5.41) is 28.2. The normalized spacial score (nSPS) is 18.8. The van der Waals surface area contributed by atoms with Gasteiger partial charge >= 0.3 is 7.12 Å². The van der Waals surface area contributed by atoms with Gasteiger partial charge in [0.25, 0.3) is 0 Å². The molecule has 1 aromatic rings. The molecule has 5 nitrogen and oxygen atoms in total. The van der Waals surface area contributed by atoms with Crippen LogP contribution in [0.15, 0.2) is 42.2 Å². The maximum atomic E-state index is 9.83. The van der Waals surface area contributed by atoms with Crippen LogP contribution in [0.25, 0.3) is 0 Å². The maximum absolute atomic E-state index is 9.83. The van der Waals surface area contributed by atoms with Gasteiger partial charge in [0.2, 0.25) is 0 Å². The molecular weight excluding hydrogens is 254 g/mol. The van der Waals surface area contributed by atoms with Crippen molar-refractivity contribution in [3.8, 4) is 0 Å². The summed E-state index contributed by atoms with van der Waals surface area (Å²) in [6.07, 6.45) is 5.26. The van der Waals surface area contributed by atoms with Gasteiger partial charge in [0.1, 0.15) is 11.4 Å². The molecule has 2 heterocycles. The fourth-order valence-electron chi connectivity index (χ4n) is 1.62. The first-order valence-electron chi connectivity index (χ1n) is 5.36. The number of rotatable bonds is 3. The van der Waals surface area contributed by atoms with Crippen LogP contribution in [0.4, 0.5) is 0 Å². The van der Waals surface area contributed by atoms with Crippen molar-refractivity contribution < 1.29 is 15.2 Å². The van der Waals surface area contributed by atoms with Crippen LogP contribution in [0.1, 0.15) is 5.56 Å². The lowest BCUT2D eigenvalue weighted by Crippen LogP contribution is -2.32. The Morgan fingerprint density at radius 3 is 2.72 bits per heavy atom. The molecule has 1 aromatic heterocycles. The van der Waals surface area contributed by atoms with Crippen LogP contribution >= 0.6 is 11.6 Å². The third-order valence-electron chi connectivity index (χ3n) is 2.59. The molecule has 0 aromatic carbocycles. The number of aliphatic hydroxyl groups is 1. The number of aliphatic hydroxyl groups excluding tert-OH is 1. The van der Waals surface area contributed by atoms with Crippen molar-refractivity contribution in [2.24, 2.45) is 0 Å². The predicted molar refractivity (Wildman–Crippen MR) is 68.2 cm³/mol. The molecule has 1 unspecified atom stereocenters. The smallest absolute Gasteiger partial charge is 0.423 e. The molecule has 3 N–H and O–H groups in total. The average molecular weight is 266 g/mol. The summed E-state index contributed by atoms with van der Waals surface area (Å²) in [5.41, 5.74) is 1.16. The molecule has 0 spiro atoms. The molecule has 7 heteroatoms. The van der Waals surface area contributed by atoms with Gasteiger partial charge < -0.3 is 20.1 Å². The van der Waals surface area contributed by atoms with Crippen LogP contribution in [-0.2, 0) is 6.54 Å². The van der Waals surface area contributed by atoms with Gasteiger partial charge in [-0.05, 0) is 29.3 Å². The Kier molecular flexibility index (Phi) is 4.03. The van der Waals surface area contributed by atoms with E-state index in [4.69, 9.17) is 21.6 Å². The van der Waals surface area contributed by atoms with Gasteiger partial charge in [-0.2, -0.15) is 0 Å². The van der Waals surface area contributed by atoms with E-state index in [2.05, 4.69) is 4.98 Å². The summed E-state index contributed by atoms with van der Waals surface area (Å²) in [4.78, 5) is 5.59. The maximum Gasteiger partial charge on any atom is 0.488 e. The van der Waals surface area contributed by atoms with E-state index in [9.17, 15) is 5.11 Å². The summed E-state index contributed by atoms with van der Waals surface area (Å²) in [5.74, 6) is 0. The Labute approximate surface area is 110 Å². The summed E-state index contributed by atoms with van der Waals surface area (Å²) >= 11 is 5.68. The van der Waals surface area contributed by atoms with Crippen molar-refractivity contribution in [1.82, 2.24) is 9.88 Å². The third-order valence-corrected chi connectivity index (χ3v) is 2.82.